The predicted molar refractivity (Wildman–Crippen MR) is 147 cm³/mol. The van der Waals surface area contributed by atoms with Gasteiger partial charge < -0.3 is 15.7 Å². The van der Waals surface area contributed by atoms with Gasteiger partial charge in [0.1, 0.15) is 6.54 Å². The largest absolute Gasteiger partial charge is 0.480 e. The first-order chi connectivity index (χ1) is 17.8. The molecule has 9 nitrogen and oxygen atoms in total. The lowest BCUT2D eigenvalue weighted by Crippen LogP contribution is -2.29. The molecule has 0 unspecified atom stereocenters. The number of carbonyl (C=O) groups is 3. The van der Waals surface area contributed by atoms with Crippen molar-refractivity contribution in [1.82, 2.24) is 20.1 Å². The second kappa shape index (κ2) is 11.8. The zero-order valence-electron chi connectivity index (χ0n) is 19.5. The summed E-state index contributed by atoms with van der Waals surface area (Å²) in [6.45, 7) is 1.61. The van der Waals surface area contributed by atoms with E-state index >= 15 is 0 Å². The Bertz CT molecular complexity index is 1510. The molecule has 1 heterocycles. The van der Waals surface area contributed by atoms with Crippen LogP contribution < -0.4 is 10.6 Å². The van der Waals surface area contributed by atoms with Crippen LogP contribution in [0, 0.1) is 0 Å². The maximum absolute atomic E-state index is 12.7. The number of nitrogens with zero attached hydrogens (tertiary/aromatic N) is 3. The van der Waals surface area contributed by atoms with Gasteiger partial charge in [0.05, 0.1) is 22.2 Å². The average molecular weight is 603 g/mol. The third kappa shape index (κ3) is 6.12. The molecule has 3 aromatic carbocycles. The van der Waals surface area contributed by atoms with Crippen LogP contribution in [0.4, 0.5) is 5.69 Å². The third-order valence-electron chi connectivity index (χ3n) is 5.44. The number of halogens is 2. The third-order valence-corrected chi connectivity index (χ3v) is 7.20. The van der Waals surface area contributed by atoms with Crippen LogP contribution in [0.3, 0.4) is 0 Å². The number of aliphatic carboxylic acids is 1. The van der Waals surface area contributed by atoms with Gasteiger partial charge in [0, 0.05) is 10.9 Å². The predicted octanol–water partition coefficient (Wildman–Crippen LogP) is 4.94. The van der Waals surface area contributed by atoms with E-state index in [4.69, 9.17) is 16.7 Å². The van der Waals surface area contributed by atoms with Gasteiger partial charge >= 0.3 is 5.97 Å². The number of amides is 2. The molecule has 190 valence electrons. The molecule has 0 saturated carbocycles. The van der Waals surface area contributed by atoms with E-state index in [1.54, 1.807) is 0 Å². The molecule has 0 aliphatic rings. The molecule has 4 aromatic rings. The number of anilines is 1. The van der Waals surface area contributed by atoms with Crippen LogP contribution in [-0.4, -0.2) is 50.0 Å². The molecule has 0 spiro atoms. The monoisotopic (exact) mass is 601 g/mol. The van der Waals surface area contributed by atoms with Crippen molar-refractivity contribution in [3.63, 3.8) is 0 Å². The van der Waals surface area contributed by atoms with Gasteiger partial charge in [-0.25, -0.2) is 0 Å². The summed E-state index contributed by atoms with van der Waals surface area (Å²) in [4.78, 5) is 35.3. The lowest BCUT2D eigenvalue weighted by molar-refractivity contribution is -0.135. The minimum atomic E-state index is -1.16. The van der Waals surface area contributed by atoms with Crippen molar-refractivity contribution < 1.29 is 19.5 Å². The lowest BCUT2D eigenvalue weighted by atomic mass is 10.0. The topological polar surface area (TPSA) is 126 Å². The quantitative estimate of drug-likeness (QED) is 0.232. The Morgan fingerprint density at radius 3 is 2.54 bits per heavy atom. The van der Waals surface area contributed by atoms with E-state index in [1.165, 1.54) is 35.5 Å². The zero-order valence-corrected chi connectivity index (χ0v) is 22.7. The Morgan fingerprint density at radius 1 is 1.08 bits per heavy atom. The van der Waals surface area contributed by atoms with Crippen molar-refractivity contribution in [2.24, 2.45) is 0 Å². The van der Waals surface area contributed by atoms with Gasteiger partial charge in [0.25, 0.3) is 5.91 Å². The van der Waals surface area contributed by atoms with Crippen molar-refractivity contribution in [2.75, 3.05) is 17.6 Å². The summed E-state index contributed by atoms with van der Waals surface area (Å²) in [5.41, 5.74) is 2.63. The summed E-state index contributed by atoms with van der Waals surface area (Å²) in [6, 6.07) is 16.5. The standard InChI is InChI=1S/C25H21BrClN5O4S/c1-2-14-8-10-20(17-6-4-3-5-16(14)17)32-24(26)30-31-25(32)37-13-21(33)29-19-9-7-15(11-18(19)27)23(36)28-12-22(34)35/h3-11H,2,12-13H2,1H3,(H,28,36)(H,29,33)(H,34,35). The lowest BCUT2D eigenvalue weighted by Gasteiger charge is -2.13. The van der Waals surface area contributed by atoms with Crippen LogP contribution in [0.25, 0.3) is 16.5 Å². The Balaban J connectivity index is 1.48. The molecule has 1 aromatic heterocycles. The summed E-state index contributed by atoms with van der Waals surface area (Å²) in [7, 11) is 0. The first kappa shape index (κ1) is 26.6. The number of carboxylic acid groups (broad SMARTS) is 1. The van der Waals surface area contributed by atoms with Crippen molar-refractivity contribution in [2.45, 2.75) is 18.5 Å². The molecule has 37 heavy (non-hydrogen) atoms. The Morgan fingerprint density at radius 2 is 1.84 bits per heavy atom. The normalized spacial score (nSPS) is 10.9. The molecule has 0 fully saturated rings. The number of carboxylic acids is 1. The van der Waals surface area contributed by atoms with Gasteiger partial charge in [-0.1, -0.05) is 60.6 Å². The second-order valence-corrected chi connectivity index (χ2v) is 9.90. The molecule has 2 amide bonds. The second-order valence-electron chi connectivity index (χ2n) is 7.84. The molecule has 3 N–H and O–H groups in total. The van der Waals surface area contributed by atoms with Crippen molar-refractivity contribution in [3.05, 3.63) is 75.5 Å². The van der Waals surface area contributed by atoms with E-state index in [0.29, 0.717) is 15.6 Å². The van der Waals surface area contributed by atoms with Gasteiger partial charge in [-0.2, -0.15) is 0 Å². The first-order valence-corrected chi connectivity index (χ1v) is 13.3. The summed E-state index contributed by atoms with van der Waals surface area (Å²) in [5, 5.41) is 24.9. The number of nitrogens with one attached hydrogen (secondary N) is 2. The zero-order chi connectivity index (χ0) is 26.5. The fourth-order valence-electron chi connectivity index (χ4n) is 3.73. The van der Waals surface area contributed by atoms with E-state index in [1.807, 2.05) is 28.8 Å². The molecule has 0 radical (unpaired) electrons. The number of fused-ring (bicyclic) bond motifs is 1. The molecular formula is C25H21BrClN5O4S. The van der Waals surface area contributed by atoms with Crippen molar-refractivity contribution in [3.8, 4) is 5.69 Å². The minimum absolute atomic E-state index is 0.0350. The summed E-state index contributed by atoms with van der Waals surface area (Å²) < 4.78 is 2.38. The van der Waals surface area contributed by atoms with Gasteiger partial charge in [0.2, 0.25) is 10.6 Å². The van der Waals surface area contributed by atoms with Crippen LogP contribution in [0.2, 0.25) is 5.02 Å². The summed E-state index contributed by atoms with van der Waals surface area (Å²) >= 11 is 10.9. The molecule has 0 aliphatic heterocycles. The van der Waals surface area contributed by atoms with Crippen LogP contribution in [0.5, 0.6) is 0 Å². The fourth-order valence-corrected chi connectivity index (χ4v) is 5.26. The number of hydrogen-bond donors (Lipinski definition) is 3. The van der Waals surface area contributed by atoms with Crippen LogP contribution in [0.15, 0.2) is 64.5 Å². The first-order valence-electron chi connectivity index (χ1n) is 11.1. The number of thioether (sulfide) groups is 1. The molecule has 12 heteroatoms. The van der Waals surface area contributed by atoms with Gasteiger partial charge in [-0.3, -0.25) is 19.0 Å². The minimum Gasteiger partial charge on any atom is -0.480 e. The van der Waals surface area contributed by atoms with Crippen LogP contribution in [0.1, 0.15) is 22.8 Å². The van der Waals surface area contributed by atoms with E-state index in [9.17, 15) is 14.4 Å². The molecular weight excluding hydrogens is 582 g/mol. The Hall–Kier alpha value is -3.41. The number of aryl methyl sites for hydroxylation is 1. The van der Waals surface area contributed by atoms with Crippen molar-refractivity contribution in [1.29, 1.82) is 0 Å². The van der Waals surface area contributed by atoms with E-state index in [0.717, 1.165) is 22.9 Å². The molecule has 0 saturated heterocycles. The summed E-state index contributed by atoms with van der Waals surface area (Å²) in [5.74, 6) is -2.03. The highest BCUT2D eigenvalue weighted by molar-refractivity contribution is 9.10. The number of hydrogen-bond acceptors (Lipinski definition) is 6. The van der Waals surface area contributed by atoms with Gasteiger partial charge in [0.15, 0.2) is 5.16 Å². The number of aromatic nitrogens is 3. The SMILES string of the molecule is CCc1ccc(-n2c(Br)nnc2SCC(=O)Nc2ccc(C(=O)NCC(=O)O)cc2Cl)c2ccccc12. The molecule has 0 atom stereocenters. The maximum atomic E-state index is 12.7. The maximum Gasteiger partial charge on any atom is 0.322 e. The van der Waals surface area contributed by atoms with Crippen molar-refractivity contribution >= 4 is 73.5 Å². The Kier molecular flexibility index (Phi) is 8.47. The smallest absolute Gasteiger partial charge is 0.322 e. The highest BCUT2D eigenvalue weighted by Crippen LogP contribution is 2.32. The number of rotatable bonds is 9. The number of carbonyl (C=O) groups excluding carboxylic acids is 2. The Labute approximate surface area is 229 Å². The molecule has 0 aliphatic carbocycles. The average Bonchev–Trinajstić information content (AvgIpc) is 3.26. The van der Waals surface area contributed by atoms with E-state index in [2.05, 4.69) is 55.8 Å². The van der Waals surface area contributed by atoms with Gasteiger partial charge in [-0.15, -0.1) is 10.2 Å². The number of benzene rings is 3. The van der Waals surface area contributed by atoms with Crippen LogP contribution >= 0.6 is 39.3 Å². The summed E-state index contributed by atoms with van der Waals surface area (Å²) in [6.07, 6.45) is 0.905. The fraction of sp³-hybridized carbons (Fsp3) is 0.160. The van der Waals surface area contributed by atoms with E-state index in [-0.39, 0.29) is 22.2 Å². The van der Waals surface area contributed by atoms with E-state index < -0.39 is 18.4 Å². The van der Waals surface area contributed by atoms with Gasteiger partial charge in [-0.05, 0) is 57.6 Å². The van der Waals surface area contributed by atoms with Crippen LogP contribution in [-0.2, 0) is 16.0 Å². The highest BCUT2D eigenvalue weighted by Gasteiger charge is 2.18. The molecule has 4 rings (SSSR count). The molecule has 0 bridgehead atoms. The highest BCUT2D eigenvalue weighted by atomic mass is 79.9.